The maximum Gasteiger partial charge on any atom is 0.192 e. The average molecular weight is 531 g/mol. The summed E-state index contributed by atoms with van der Waals surface area (Å²) in [5, 5.41) is 11.4. The van der Waals surface area contributed by atoms with Crippen LogP contribution in [0.3, 0.4) is 0 Å². The number of hydrogen-bond acceptors (Lipinski definition) is 7. The number of ketones is 1. The third-order valence-electron chi connectivity index (χ3n) is 8.14. The maximum atomic E-state index is 12.3. The first-order valence-electron chi connectivity index (χ1n) is 13.2. The molecule has 0 bridgehead atoms. The fraction of sp³-hybridized carbons (Fsp3) is 0.621. The summed E-state index contributed by atoms with van der Waals surface area (Å²) in [6, 6.07) is 9.89. The minimum atomic E-state index is -2.20. The molecule has 0 saturated carbocycles. The molecule has 0 aromatic heterocycles. The van der Waals surface area contributed by atoms with E-state index in [0.717, 1.165) is 5.56 Å². The SMILES string of the molecule is C=CC[C@@H]1O[C@](O)(C[C@@H]2O[C@]3(C)CO[C@@H](c4ccccc4)O[C@H]3C[C@H]2O[Si](C)(C)C(C)(C)C)C=CC1=O. The Morgan fingerprint density at radius 3 is 2.57 bits per heavy atom. The minimum absolute atomic E-state index is 0.0129. The van der Waals surface area contributed by atoms with Crippen LogP contribution in [0.5, 0.6) is 0 Å². The molecule has 3 heterocycles. The second-order valence-corrected chi connectivity index (χ2v) is 17.0. The van der Waals surface area contributed by atoms with E-state index in [2.05, 4.69) is 40.4 Å². The lowest BCUT2D eigenvalue weighted by Crippen LogP contribution is -2.64. The highest BCUT2D eigenvalue weighted by Gasteiger charge is 2.54. The van der Waals surface area contributed by atoms with E-state index >= 15 is 0 Å². The summed E-state index contributed by atoms with van der Waals surface area (Å²) >= 11 is 0. The summed E-state index contributed by atoms with van der Waals surface area (Å²) in [6.45, 7) is 17.0. The second kappa shape index (κ2) is 10.5. The first kappa shape index (κ1) is 28.4. The fourth-order valence-corrected chi connectivity index (χ4v) is 6.24. The Morgan fingerprint density at radius 2 is 1.92 bits per heavy atom. The van der Waals surface area contributed by atoms with Crippen molar-refractivity contribution in [2.45, 2.75) is 107 Å². The number of aliphatic hydroxyl groups is 1. The lowest BCUT2D eigenvalue weighted by Gasteiger charge is -2.54. The monoisotopic (exact) mass is 530 g/mol. The van der Waals surface area contributed by atoms with E-state index in [9.17, 15) is 9.90 Å². The predicted octanol–water partition coefficient (Wildman–Crippen LogP) is 5.22. The van der Waals surface area contributed by atoms with Gasteiger partial charge in [0.05, 0.1) is 24.9 Å². The Hall–Kier alpha value is -1.65. The molecular weight excluding hydrogens is 488 g/mol. The van der Waals surface area contributed by atoms with E-state index < -0.39 is 38.2 Å². The Balaban J connectivity index is 1.59. The van der Waals surface area contributed by atoms with Crippen LogP contribution in [0.15, 0.2) is 55.1 Å². The van der Waals surface area contributed by atoms with Gasteiger partial charge in [0.1, 0.15) is 11.7 Å². The molecule has 0 unspecified atom stereocenters. The van der Waals surface area contributed by atoms with Gasteiger partial charge >= 0.3 is 0 Å². The molecule has 3 aliphatic heterocycles. The summed E-state index contributed by atoms with van der Waals surface area (Å²) in [5.74, 6) is -1.84. The van der Waals surface area contributed by atoms with E-state index in [4.69, 9.17) is 23.4 Å². The zero-order valence-electron chi connectivity index (χ0n) is 22.9. The number of carbonyl (C=O) groups is 1. The molecule has 7 nitrogen and oxygen atoms in total. The van der Waals surface area contributed by atoms with Crippen molar-refractivity contribution in [1.82, 2.24) is 0 Å². The minimum Gasteiger partial charge on any atom is -0.411 e. The molecular formula is C29H42O7Si. The van der Waals surface area contributed by atoms with Crippen molar-refractivity contribution in [3.8, 4) is 0 Å². The third-order valence-corrected chi connectivity index (χ3v) is 12.6. The third kappa shape index (κ3) is 6.17. The molecule has 0 radical (unpaired) electrons. The van der Waals surface area contributed by atoms with Crippen LogP contribution in [0.2, 0.25) is 18.1 Å². The van der Waals surface area contributed by atoms with Crippen LogP contribution in [0.4, 0.5) is 0 Å². The molecule has 0 spiro atoms. The summed E-state index contributed by atoms with van der Waals surface area (Å²) in [5.41, 5.74) is 0.232. The smallest absolute Gasteiger partial charge is 0.192 e. The van der Waals surface area contributed by atoms with E-state index in [1.54, 1.807) is 6.08 Å². The lowest BCUT2D eigenvalue weighted by atomic mass is 9.85. The number of hydrogen-bond donors (Lipinski definition) is 1. The zero-order valence-corrected chi connectivity index (χ0v) is 23.9. The Morgan fingerprint density at radius 1 is 1.22 bits per heavy atom. The summed E-state index contributed by atoms with van der Waals surface area (Å²) < 4.78 is 32.0. The number of benzene rings is 1. The highest BCUT2D eigenvalue weighted by atomic mass is 28.4. The average Bonchev–Trinajstić information content (AvgIpc) is 2.82. The number of fused-ring (bicyclic) bond motifs is 1. The number of ether oxygens (including phenoxy) is 4. The van der Waals surface area contributed by atoms with E-state index in [0.29, 0.717) is 19.4 Å². The Bertz CT molecular complexity index is 1000. The standard InChI is InChI=1S/C29H42O7Si/c1-8-12-22-21(30)15-16-29(31,35-22)18-24-23(36-37(6,7)27(2,3)4)17-25-28(5,34-24)19-32-26(33-25)20-13-10-9-11-14-20/h8-11,13-16,22-26,31H,1,12,17-19H2,2-7H3/t22-,23+,24-,25-,26+,28+,29-/m0/s1. The highest BCUT2D eigenvalue weighted by Crippen LogP contribution is 2.46. The predicted molar refractivity (Wildman–Crippen MR) is 143 cm³/mol. The van der Waals surface area contributed by atoms with Gasteiger partial charge in [0, 0.05) is 18.4 Å². The first-order valence-corrected chi connectivity index (χ1v) is 16.1. The van der Waals surface area contributed by atoms with Gasteiger partial charge in [-0.15, -0.1) is 6.58 Å². The van der Waals surface area contributed by atoms with Gasteiger partial charge in [0.15, 0.2) is 26.2 Å². The molecule has 8 heteroatoms. The Kier molecular flexibility index (Phi) is 8.04. The van der Waals surface area contributed by atoms with Crippen LogP contribution in [-0.4, -0.2) is 61.6 Å². The molecule has 37 heavy (non-hydrogen) atoms. The summed E-state index contributed by atoms with van der Waals surface area (Å²) in [7, 11) is -2.20. The van der Waals surface area contributed by atoms with Crippen molar-refractivity contribution in [2.24, 2.45) is 0 Å². The largest absolute Gasteiger partial charge is 0.411 e. The van der Waals surface area contributed by atoms with Crippen LogP contribution in [0.25, 0.3) is 0 Å². The normalized spacial score (nSPS) is 36.7. The van der Waals surface area contributed by atoms with Crippen LogP contribution in [-0.2, 0) is 28.2 Å². The molecule has 1 aromatic rings. The van der Waals surface area contributed by atoms with Crippen LogP contribution in [0.1, 0.15) is 58.8 Å². The summed E-state index contributed by atoms with van der Waals surface area (Å²) in [6.07, 6.45) is 3.14. The van der Waals surface area contributed by atoms with Crippen LogP contribution < -0.4 is 0 Å². The molecule has 3 aliphatic rings. The van der Waals surface area contributed by atoms with Gasteiger partial charge in [0.25, 0.3) is 0 Å². The lowest BCUT2D eigenvalue weighted by molar-refractivity contribution is -0.343. The van der Waals surface area contributed by atoms with Crippen LogP contribution >= 0.6 is 0 Å². The van der Waals surface area contributed by atoms with E-state index in [1.807, 2.05) is 37.3 Å². The molecule has 204 valence electrons. The summed E-state index contributed by atoms with van der Waals surface area (Å²) in [4.78, 5) is 12.3. The van der Waals surface area contributed by atoms with Crippen LogP contribution in [0, 0.1) is 0 Å². The molecule has 4 rings (SSSR count). The van der Waals surface area contributed by atoms with Crippen molar-refractivity contribution in [1.29, 1.82) is 0 Å². The topological polar surface area (TPSA) is 83.5 Å². The molecule has 2 saturated heterocycles. The van der Waals surface area contributed by atoms with E-state index in [1.165, 1.54) is 12.2 Å². The van der Waals surface area contributed by atoms with Gasteiger partial charge in [-0.3, -0.25) is 4.79 Å². The highest BCUT2D eigenvalue weighted by molar-refractivity contribution is 6.74. The van der Waals surface area contributed by atoms with Gasteiger partial charge in [0.2, 0.25) is 0 Å². The number of rotatable bonds is 7. The van der Waals surface area contributed by atoms with Crippen molar-refractivity contribution < 1.29 is 33.3 Å². The van der Waals surface area contributed by atoms with E-state index in [-0.39, 0.29) is 29.5 Å². The maximum absolute atomic E-state index is 12.3. The second-order valence-electron chi connectivity index (χ2n) is 12.2. The molecule has 7 atom stereocenters. The zero-order chi connectivity index (χ0) is 27.1. The molecule has 1 aromatic carbocycles. The quantitative estimate of drug-likeness (QED) is 0.382. The molecule has 0 aliphatic carbocycles. The fourth-order valence-electron chi connectivity index (χ4n) is 4.89. The van der Waals surface area contributed by atoms with Gasteiger partial charge < -0.3 is 28.5 Å². The van der Waals surface area contributed by atoms with Crippen molar-refractivity contribution >= 4 is 14.1 Å². The van der Waals surface area contributed by atoms with Gasteiger partial charge in [-0.05, 0) is 43.6 Å². The van der Waals surface area contributed by atoms with Gasteiger partial charge in [-0.2, -0.15) is 0 Å². The molecule has 1 N–H and O–H groups in total. The van der Waals surface area contributed by atoms with Crippen molar-refractivity contribution in [2.75, 3.05) is 6.61 Å². The van der Waals surface area contributed by atoms with Gasteiger partial charge in [-0.1, -0.05) is 57.2 Å². The van der Waals surface area contributed by atoms with Crippen molar-refractivity contribution in [3.05, 3.63) is 60.7 Å². The molecule has 2 fully saturated rings. The number of carbonyl (C=O) groups excluding carboxylic acids is 1. The molecule has 0 amide bonds. The van der Waals surface area contributed by atoms with Gasteiger partial charge in [-0.25, -0.2) is 0 Å². The Labute approximate surface area is 221 Å². The first-order chi connectivity index (χ1) is 17.3. The van der Waals surface area contributed by atoms with Crippen molar-refractivity contribution in [3.63, 3.8) is 0 Å².